The van der Waals surface area contributed by atoms with E-state index in [2.05, 4.69) is 48.5 Å². The average molecular weight is 938 g/mol. The van der Waals surface area contributed by atoms with E-state index in [1.165, 1.54) is 17.0 Å². The van der Waals surface area contributed by atoms with Crippen molar-refractivity contribution >= 4 is 34.8 Å². The van der Waals surface area contributed by atoms with Crippen LogP contribution in [0.4, 0.5) is 15.1 Å². The van der Waals surface area contributed by atoms with E-state index in [1.807, 2.05) is 51.4 Å². The minimum Gasteiger partial charge on any atom is -0.507 e. The Bertz CT molecular complexity index is 2820. The number of para-hydroxylation sites is 1. The molecule has 16 nitrogen and oxygen atoms in total. The van der Waals surface area contributed by atoms with E-state index in [1.54, 1.807) is 23.1 Å². The minimum absolute atomic E-state index is 0.00218. The van der Waals surface area contributed by atoms with Crippen LogP contribution in [0.15, 0.2) is 60.9 Å². The summed E-state index contributed by atoms with van der Waals surface area (Å²) in [5.74, 6) is 2.13. The molecule has 69 heavy (non-hydrogen) atoms. The fraction of sp³-hybridized carbons (Fsp3) is 0.481. The van der Waals surface area contributed by atoms with Gasteiger partial charge in [0.05, 0.1) is 17.8 Å². The summed E-state index contributed by atoms with van der Waals surface area (Å²) in [4.78, 5) is 62.5. The number of terminal acetylenes is 1. The molecule has 4 atom stereocenters. The Hall–Kier alpha value is -6.64. The van der Waals surface area contributed by atoms with Crippen molar-refractivity contribution in [2.75, 3.05) is 44.2 Å². The lowest BCUT2D eigenvalue weighted by atomic mass is 9.60. The highest BCUT2D eigenvalue weighted by Gasteiger charge is 2.56. The molecule has 5 aromatic rings. The molecule has 5 aliphatic rings. The Kier molecular flexibility index (Phi) is 12.0. The van der Waals surface area contributed by atoms with Gasteiger partial charge in [0.1, 0.15) is 23.7 Å². The number of hydrogen-bond donors (Lipinski definition) is 5. The second-order valence-electron chi connectivity index (χ2n) is 21.0. The average Bonchev–Trinajstić information content (AvgIpc) is 3.90. The summed E-state index contributed by atoms with van der Waals surface area (Å²) in [6.07, 6.45) is 13.4. The first-order chi connectivity index (χ1) is 33.1. The zero-order valence-electron chi connectivity index (χ0n) is 39.6. The maximum atomic E-state index is 14.6. The number of phenols is 1. The number of amides is 4. The fourth-order valence-electron chi connectivity index (χ4n) is 11.5. The molecule has 0 unspecified atom stereocenters. The number of aromatic hydroxyl groups is 1. The van der Waals surface area contributed by atoms with Crippen molar-refractivity contribution < 1.29 is 29.0 Å². The number of carbonyl (C=O) groups excluding carboxylic acids is 3. The smallest absolute Gasteiger partial charge is 0.318 e. The van der Waals surface area contributed by atoms with Crippen LogP contribution in [-0.2, 0) is 22.6 Å². The SMILES string of the molecule is C#Cc1ccc(CNC(=O)[C@@H]2C[C@@H](O)CN2C(=O)[C@@H](NC(=O)N2CC3(CC(N4CCC(c5cnc(N6CCc7[nH]c8nnc(-c9ccccc9O)cc8c7[C@H]6C)nc5)CC4)C3)C2)C(C)(C)C)c(F)c1. The molecule has 4 fully saturated rings. The first-order valence-electron chi connectivity index (χ1n) is 24.1. The normalized spacial score (nSPS) is 22.2. The number of phenolic OH excluding ortho intramolecular Hbond substituents is 1. The van der Waals surface area contributed by atoms with Crippen LogP contribution in [0.2, 0.25) is 0 Å². The molecule has 7 heterocycles. The van der Waals surface area contributed by atoms with E-state index in [9.17, 15) is 29.0 Å². The number of H-pyrrole nitrogens is 1. The lowest BCUT2D eigenvalue weighted by Gasteiger charge is -2.61. The third-order valence-corrected chi connectivity index (χ3v) is 15.4. The van der Waals surface area contributed by atoms with Crippen molar-refractivity contribution in [1.29, 1.82) is 0 Å². The number of likely N-dealkylation sites (tertiary alicyclic amines) is 3. The van der Waals surface area contributed by atoms with Gasteiger partial charge in [-0.05, 0) is 92.9 Å². The molecule has 0 bridgehead atoms. The third-order valence-electron chi connectivity index (χ3n) is 15.4. The van der Waals surface area contributed by atoms with E-state index < -0.39 is 41.2 Å². The molecule has 3 aromatic heterocycles. The molecular formula is C52H60FN11O5. The summed E-state index contributed by atoms with van der Waals surface area (Å²) >= 11 is 0. The molecule has 4 amide bonds. The number of piperidine rings is 1. The summed E-state index contributed by atoms with van der Waals surface area (Å²) < 4.78 is 14.6. The Labute approximate surface area is 401 Å². The van der Waals surface area contributed by atoms with Crippen LogP contribution in [-0.4, -0.2) is 131 Å². The van der Waals surface area contributed by atoms with Crippen LogP contribution in [0.25, 0.3) is 22.3 Å². The number of aliphatic hydroxyl groups is 1. The van der Waals surface area contributed by atoms with Crippen molar-refractivity contribution in [3.8, 4) is 29.4 Å². The van der Waals surface area contributed by atoms with Gasteiger partial charge in [-0.15, -0.1) is 16.6 Å². The molecule has 1 spiro atoms. The number of rotatable bonds is 9. The first kappa shape index (κ1) is 46.1. The van der Waals surface area contributed by atoms with E-state index in [-0.39, 0.29) is 48.3 Å². The predicted octanol–water partition coefficient (Wildman–Crippen LogP) is 5.41. The molecule has 17 heteroatoms. The number of nitrogens with zero attached hydrogens (tertiary/aromatic N) is 8. The summed E-state index contributed by atoms with van der Waals surface area (Å²) in [5, 5.41) is 36.6. The number of carbonyl (C=O) groups is 3. The molecule has 1 saturated carbocycles. The number of anilines is 1. The lowest BCUT2D eigenvalue weighted by molar-refractivity contribution is -0.142. The molecule has 5 N–H and O–H groups in total. The van der Waals surface area contributed by atoms with Crippen LogP contribution in [0.3, 0.4) is 0 Å². The molecular weight excluding hydrogens is 878 g/mol. The van der Waals surface area contributed by atoms with Crippen LogP contribution in [0, 0.1) is 29.0 Å². The third kappa shape index (κ3) is 8.84. The van der Waals surface area contributed by atoms with E-state index in [0.29, 0.717) is 47.8 Å². The van der Waals surface area contributed by atoms with Crippen molar-refractivity contribution in [2.45, 2.75) is 109 Å². The van der Waals surface area contributed by atoms with Gasteiger partial charge in [-0.1, -0.05) is 44.9 Å². The highest BCUT2D eigenvalue weighted by Crippen LogP contribution is 2.51. The summed E-state index contributed by atoms with van der Waals surface area (Å²) in [6.45, 7) is 11.6. The summed E-state index contributed by atoms with van der Waals surface area (Å²) in [6, 6.07) is 11.7. The van der Waals surface area contributed by atoms with Gasteiger partial charge < -0.3 is 45.4 Å². The number of urea groups is 1. The van der Waals surface area contributed by atoms with Crippen LogP contribution in [0.5, 0.6) is 5.75 Å². The second kappa shape index (κ2) is 18.0. The maximum Gasteiger partial charge on any atom is 0.318 e. The highest BCUT2D eigenvalue weighted by atomic mass is 19.1. The number of aromatic nitrogens is 5. The van der Waals surface area contributed by atoms with Crippen molar-refractivity contribution in [3.63, 3.8) is 0 Å². The van der Waals surface area contributed by atoms with Crippen molar-refractivity contribution in [2.24, 2.45) is 10.8 Å². The quantitative estimate of drug-likeness (QED) is 0.119. The molecule has 4 aliphatic heterocycles. The van der Waals surface area contributed by atoms with Gasteiger partial charge in [-0.3, -0.25) is 9.59 Å². The second-order valence-corrected chi connectivity index (χ2v) is 21.0. The van der Waals surface area contributed by atoms with Gasteiger partial charge in [0.15, 0.2) is 5.65 Å². The maximum absolute atomic E-state index is 14.6. The Morgan fingerprint density at radius 1 is 1.03 bits per heavy atom. The van der Waals surface area contributed by atoms with Crippen LogP contribution in [0.1, 0.15) is 99.7 Å². The Morgan fingerprint density at radius 3 is 2.46 bits per heavy atom. The van der Waals surface area contributed by atoms with Crippen molar-refractivity contribution in [3.05, 3.63) is 94.7 Å². The number of nitrogens with one attached hydrogen (secondary N) is 3. The standard InChI is InChI=1S/C52H60FN11O5/c1-6-31-11-12-33(39(53)19-31)24-54-47(67)42-20-36(65)27-64(42)48(68)45(51(3,4)5)58-50(69)62-28-52(29-62)22-35(23-52)61-16-13-32(14-17-61)34-25-55-49(56-26-34)63-18-15-40-44(30(63)2)38-21-41(59-60-46(38)57-40)37-9-7-8-10-43(37)66/h1,7-12,19,21,25-26,30,32,35-36,42,45,65-66H,13-18,20,22-24,27-29H2,2-5H3,(H,54,67)(H,57,60)(H,58,69)/t30-,36-,42+,45-/m1/s1. The molecule has 3 saturated heterocycles. The fourth-order valence-corrected chi connectivity index (χ4v) is 11.5. The Morgan fingerprint density at radius 2 is 1.77 bits per heavy atom. The van der Waals surface area contributed by atoms with Gasteiger partial charge in [-0.25, -0.2) is 19.2 Å². The van der Waals surface area contributed by atoms with Gasteiger partial charge in [0, 0.05) is 103 Å². The van der Waals surface area contributed by atoms with Gasteiger partial charge >= 0.3 is 6.03 Å². The van der Waals surface area contributed by atoms with E-state index >= 15 is 0 Å². The number of benzene rings is 2. The summed E-state index contributed by atoms with van der Waals surface area (Å²) in [7, 11) is 0. The number of hydrogen-bond acceptors (Lipinski definition) is 11. The van der Waals surface area contributed by atoms with Crippen molar-refractivity contribution in [1.82, 2.24) is 50.5 Å². The van der Waals surface area contributed by atoms with Gasteiger partial charge in [0.2, 0.25) is 17.8 Å². The van der Waals surface area contributed by atoms with Crippen LogP contribution >= 0.6 is 0 Å². The number of fused-ring (bicyclic) bond motifs is 3. The molecule has 360 valence electrons. The largest absolute Gasteiger partial charge is 0.507 e. The van der Waals surface area contributed by atoms with Gasteiger partial charge in [0.25, 0.3) is 0 Å². The van der Waals surface area contributed by atoms with Gasteiger partial charge in [-0.2, -0.15) is 0 Å². The monoisotopic (exact) mass is 937 g/mol. The molecule has 2 aromatic carbocycles. The zero-order chi connectivity index (χ0) is 48.4. The number of aliphatic hydroxyl groups excluding tert-OH is 1. The first-order valence-corrected chi connectivity index (χ1v) is 24.1. The van der Waals surface area contributed by atoms with E-state index in [0.717, 1.165) is 79.6 Å². The topological polar surface area (TPSA) is 196 Å². The lowest BCUT2D eigenvalue weighted by Crippen LogP contribution is -2.70. The summed E-state index contributed by atoms with van der Waals surface area (Å²) in [5.41, 5.74) is 5.46. The molecule has 0 radical (unpaired) electrons. The molecule has 10 rings (SSSR count). The van der Waals surface area contributed by atoms with E-state index in [4.69, 9.17) is 16.4 Å². The minimum atomic E-state index is -0.976. The Balaban J connectivity index is 0.694. The molecule has 1 aliphatic carbocycles. The van der Waals surface area contributed by atoms with Crippen LogP contribution < -0.4 is 15.5 Å². The number of aromatic amines is 1. The highest BCUT2D eigenvalue weighted by molar-refractivity contribution is 5.93. The predicted molar refractivity (Wildman–Crippen MR) is 257 cm³/mol. The number of β-amino-alcohol motifs (C(OH)–C–C–N with tert-alkyl or cyclic N) is 1. The number of halogens is 1. The zero-order valence-corrected chi connectivity index (χ0v) is 39.6.